The molecule has 2 rings (SSSR count). The number of hydrogen-bond acceptors (Lipinski definition) is 4. The third kappa shape index (κ3) is 2.50. The van der Waals surface area contributed by atoms with Crippen molar-refractivity contribution in [3.05, 3.63) is 18.0 Å². The third-order valence-electron chi connectivity index (χ3n) is 3.30. The molecule has 0 radical (unpaired) electrons. The fourth-order valence-corrected chi connectivity index (χ4v) is 2.27. The number of hydrogen-bond donors (Lipinski definition) is 1. The first-order chi connectivity index (χ1) is 7.81. The van der Waals surface area contributed by atoms with Crippen LogP contribution in [0.2, 0.25) is 0 Å². The quantitative estimate of drug-likeness (QED) is 0.844. The van der Waals surface area contributed by atoms with E-state index in [0.717, 1.165) is 5.95 Å². The van der Waals surface area contributed by atoms with Gasteiger partial charge in [0.05, 0.1) is 12.3 Å². The molecule has 0 atom stereocenters. The van der Waals surface area contributed by atoms with Crippen molar-refractivity contribution in [3.63, 3.8) is 0 Å². The van der Waals surface area contributed by atoms with Gasteiger partial charge >= 0.3 is 0 Å². The van der Waals surface area contributed by atoms with Crippen LogP contribution in [-0.4, -0.2) is 28.2 Å². The minimum absolute atomic E-state index is 0.0198. The van der Waals surface area contributed by atoms with E-state index in [1.54, 1.807) is 12.3 Å². The molecule has 4 nitrogen and oxygen atoms in total. The first kappa shape index (κ1) is 11.3. The van der Waals surface area contributed by atoms with Crippen molar-refractivity contribution in [1.82, 2.24) is 9.97 Å². The normalized spacial score (nSPS) is 17.4. The maximum absolute atomic E-state index is 9.05. The first-order valence-corrected chi connectivity index (χ1v) is 5.97. The topological polar surface area (TPSA) is 49.2 Å². The van der Waals surface area contributed by atoms with E-state index in [2.05, 4.69) is 14.9 Å². The zero-order valence-electron chi connectivity index (χ0n) is 9.76. The summed E-state index contributed by atoms with van der Waals surface area (Å²) in [5.74, 6) is 0.735. The monoisotopic (exact) mass is 221 g/mol. The van der Waals surface area contributed by atoms with E-state index < -0.39 is 0 Å². The lowest BCUT2D eigenvalue weighted by molar-refractivity contribution is 0.276. The fourth-order valence-electron chi connectivity index (χ4n) is 2.27. The van der Waals surface area contributed by atoms with Gasteiger partial charge in [-0.2, -0.15) is 0 Å². The summed E-state index contributed by atoms with van der Waals surface area (Å²) in [5, 5.41) is 9.05. The SMILES string of the molecule is CN(c1nccc(CO)n1)C1CCCCC1. The lowest BCUT2D eigenvalue weighted by Gasteiger charge is -2.31. The summed E-state index contributed by atoms with van der Waals surface area (Å²) in [4.78, 5) is 10.7. The van der Waals surface area contributed by atoms with Crippen molar-refractivity contribution >= 4 is 5.95 Å². The van der Waals surface area contributed by atoms with Gasteiger partial charge in [0, 0.05) is 19.3 Å². The molecule has 0 spiro atoms. The maximum atomic E-state index is 9.05. The molecule has 1 aromatic heterocycles. The molecule has 1 aliphatic rings. The molecule has 1 aromatic rings. The number of aliphatic hydroxyl groups excluding tert-OH is 1. The summed E-state index contributed by atoms with van der Waals surface area (Å²) in [6.45, 7) is -0.0198. The Hall–Kier alpha value is -1.16. The lowest BCUT2D eigenvalue weighted by Crippen LogP contribution is -2.34. The average molecular weight is 221 g/mol. The van der Waals surface area contributed by atoms with Crippen molar-refractivity contribution in [2.24, 2.45) is 0 Å². The van der Waals surface area contributed by atoms with Crippen molar-refractivity contribution in [3.8, 4) is 0 Å². The highest BCUT2D eigenvalue weighted by Crippen LogP contribution is 2.23. The summed E-state index contributed by atoms with van der Waals surface area (Å²) in [6.07, 6.45) is 8.12. The Bertz CT molecular complexity index is 337. The number of rotatable bonds is 3. The Labute approximate surface area is 96.3 Å². The fraction of sp³-hybridized carbons (Fsp3) is 0.667. The molecule has 1 N–H and O–H groups in total. The van der Waals surface area contributed by atoms with Crippen molar-refractivity contribution in [1.29, 1.82) is 0 Å². The summed E-state index contributed by atoms with van der Waals surface area (Å²) in [6, 6.07) is 2.31. The summed E-state index contributed by atoms with van der Waals surface area (Å²) in [7, 11) is 2.05. The van der Waals surface area contributed by atoms with E-state index >= 15 is 0 Å². The molecule has 0 aromatic carbocycles. The Morgan fingerprint density at radius 3 is 2.81 bits per heavy atom. The van der Waals surface area contributed by atoms with E-state index in [4.69, 9.17) is 5.11 Å². The first-order valence-electron chi connectivity index (χ1n) is 5.97. The van der Waals surface area contributed by atoms with Crippen molar-refractivity contribution < 1.29 is 5.11 Å². The molecule has 1 fully saturated rings. The smallest absolute Gasteiger partial charge is 0.225 e. The van der Waals surface area contributed by atoms with E-state index in [0.29, 0.717) is 11.7 Å². The molecular formula is C12H19N3O. The molecule has 0 aliphatic heterocycles. The predicted octanol–water partition coefficient (Wildman–Crippen LogP) is 1.74. The molecule has 16 heavy (non-hydrogen) atoms. The number of aromatic nitrogens is 2. The lowest BCUT2D eigenvalue weighted by atomic mass is 9.95. The molecule has 0 unspecified atom stereocenters. The minimum atomic E-state index is -0.0198. The van der Waals surface area contributed by atoms with E-state index in [1.165, 1.54) is 32.1 Å². The molecular weight excluding hydrogens is 202 g/mol. The number of aliphatic hydroxyl groups is 1. The van der Waals surface area contributed by atoms with Crippen LogP contribution in [-0.2, 0) is 6.61 Å². The average Bonchev–Trinajstić information content (AvgIpc) is 2.39. The van der Waals surface area contributed by atoms with Gasteiger partial charge in [0.25, 0.3) is 0 Å². The van der Waals surface area contributed by atoms with Gasteiger partial charge in [0.15, 0.2) is 0 Å². The summed E-state index contributed by atoms with van der Waals surface area (Å²) in [5.41, 5.74) is 0.688. The second-order valence-corrected chi connectivity index (χ2v) is 4.41. The highest BCUT2D eigenvalue weighted by molar-refractivity contribution is 5.30. The molecule has 0 bridgehead atoms. The highest BCUT2D eigenvalue weighted by atomic mass is 16.3. The van der Waals surface area contributed by atoms with Crippen LogP contribution in [0.15, 0.2) is 12.3 Å². The molecule has 88 valence electrons. The van der Waals surface area contributed by atoms with Gasteiger partial charge in [0.1, 0.15) is 0 Å². The molecule has 0 saturated heterocycles. The van der Waals surface area contributed by atoms with E-state index in [-0.39, 0.29) is 6.61 Å². The summed E-state index contributed by atoms with van der Waals surface area (Å²) >= 11 is 0. The zero-order chi connectivity index (χ0) is 11.4. The van der Waals surface area contributed by atoms with Crippen molar-refractivity contribution in [2.75, 3.05) is 11.9 Å². The van der Waals surface area contributed by atoms with Crippen LogP contribution < -0.4 is 4.90 Å². The van der Waals surface area contributed by atoms with Crippen LogP contribution in [0.25, 0.3) is 0 Å². The predicted molar refractivity (Wildman–Crippen MR) is 63.2 cm³/mol. The van der Waals surface area contributed by atoms with E-state index in [1.807, 2.05) is 7.05 Å². The molecule has 1 aliphatic carbocycles. The minimum Gasteiger partial charge on any atom is -0.390 e. The number of nitrogens with zero attached hydrogens (tertiary/aromatic N) is 3. The van der Waals surface area contributed by atoms with Gasteiger partial charge in [-0.25, -0.2) is 9.97 Å². The third-order valence-corrected chi connectivity index (χ3v) is 3.30. The van der Waals surface area contributed by atoms with Gasteiger partial charge in [-0.15, -0.1) is 0 Å². The van der Waals surface area contributed by atoms with Gasteiger partial charge < -0.3 is 10.0 Å². The van der Waals surface area contributed by atoms with Crippen LogP contribution >= 0.6 is 0 Å². The van der Waals surface area contributed by atoms with Crippen LogP contribution in [0.4, 0.5) is 5.95 Å². The summed E-state index contributed by atoms with van der Waals surface area (Å²) < 4.78 is 0. The van der Waals surface area contributed by atoms with Crippen LogP contribution in [0.1, 0.15) is 37.8 Å². The van der Waals surface area contributed by atoms with Gasteiger partial charge in [-0.1, -0.05) is 19.3 Å². The Morgan fingerprint density at radius 2 is 2.12 bits per heavy atom. The van der Waals surface area contributed by atoms with Crippen LogP contribution in [0, 0.1) is 0 Å². The van der Waals surface area contributed by atoms with Crippen LogP contribution in [0.3, 0.4) is 0 Å². The molecule has 0 amide bonds. The highest BCUT2D eigenvalue weighted by Gasteiger charge is 2.19. The zero-order valence-corrected chi connectivity index (χ0v) is 9.76. The van der Waals surface area contributed by atoms with E-state index in [9.17, 15) is 0 Å². The van der Waals surface area contributed by atoms with Gasteiger partial charge in [-0.3, -0.25) is 0 Å². The van der Waals surface area contributed by atoms with Crippen molar-refractivity contribution in [2.45, 2.75) is 44.8 Å². The number of anilines is 1. The molecule has 1 heterocycles. The second kappa shape index (κ2) is 5.25. The largest absolute Gasteiger partial charge is 0.390 e. The molecule has 4 heteroatoms. The van der Waals surface area contributed by atoms with Gasteiger partial charge in [0.2, 0.25) is 5.95 Å². The Kier molecular flexibility index (Phi) is 3.72. The van der Waals surface area contributed by atoms with Crippen LogP contribution in [0.5, 0.6) is 0 Å². The standard InChI is InChI=1S/C12H19N3O/c1-15(11-5-3-2-4-6-11)12-13-8-7-10(9-16)14-12/h7-8,11,16H,2-6,9H2,1H3. The Morgan fingerprint density at radius 1 is 1.38 bits per heavy atom. The molecule has 1 saturated carbocycles. The van der Waals surface area contributed by atoms with Gasteiger partial charge in [-0.05, 0) is 18.9 Å². The Balaban J connectivity index is 2.09. The second-order valence-electron chi connectivity index (χ2n) is 4.41. The maximum Gasteiger partial charge on any atom is 0.225 e.